The number of hydrogen-bond acceptors (Lipinski definition) is 6. The normalized spacial score (nSPS) is 13.5. The third-order valence-corrected chi connectivity index (χ3v) is 5.52. The Balaban J connectivity index is 1.33. The molecule has 1 aliphatic rings. The molecule has 1 saturated carbocycles. The van der Waals surface area contributed by atoms with E-state index in [9.17, 15) is 14.9 Å². The molecule has 0 saturated heterocycles. The summed E-state index contributed by atoms with van der Waals surface area (Å²) in [5.41, 5.74) is 0.730. The van der Waals surface area contributed by atoms with E-state index in [2.05, 4.69) is 42.6 Å². The van der Waals surface area contributed by atoms with Gasteiger partial charge in [0.2, 0.25) is 5.91 Å². The molecule has 1 fully saturated rings. The van der Waals surface area contributed by atoms with E-state index in [1.54, 1.807) is 30.3 Å². The second kappa shape index (κ2) is 9.16. The summed E-state index contributed by atoms with van der Waals surface area (Å²) >= 11 is 3.33. The Kier molecular flexibility index (Phi) is 6.14. The highest BCUT2D eigenvalue weighted by molar-refractivity contribution is 9.10. The lowest BCUT2D eigenvalue weighted by molar-refractivity contribution is -0.124. The van der Waals surface area contributed by atoms with Gasteiger partial charge < -0.3 is 15.4 Å². The van der Waals surface area contributed by atoms with E-state index >= 15 is 0 Å². The summed E-state index contributed by atoms with van der Waals surface area (Å²) in [6.45, 7) is 0.312. The summed E-state index contributed by atoms with van der Waals surface area (Å²) in [6.07, 6.45) is 5.33. The number of carbonyl (C=O) groups excluding carboxylic acids is 2. The number of hydrogen-bond donors (Lipinski definition) is 2. The molecule has 0 atom stereocenters. The van der Waals surface area contributed by atoms with Crippen LogP contribution in [-0.4, -0.2) is 27.3 Å². The average Bonchev–Trinajstić information content (AvgIpc) is 3.60. The zero-order valence-corrected chi connectivity index (χ0v) is 18.4. The second-order valence-corrected chi connectivity index (χ2v) is 8.26. The van der Waals surface area contributed by atoms with Crippen LogP contribution in [0.25, 0.3) is 0 Å². The molecule has 8 nitrogen and oxygen atoms in total. The Labute approximate surface area is 192 Å². The molecule has 1 aromatic heterocycles. The first-order valence-corrected chi connectivity index (χ1v) is 10.6. The SMILES string of the molecule is N#Cc1cc(Br)ccc1Oc1ccc(CNC(=O)C2(NC(=O)c3cncnc3)CC2)cc1. The number of amides is 2. The molecule has 160 valence electrons. The largest absolute Gasteiger partial charge is 0.456 e. The number of nitrogens with zero attached hydrogens (tertiary/aromatic N) is 3. The van der Waals surface area contributed by atoms with Crippen LogP contribution in [-0.2, 0) is 11.3 Å². The van der Waals surface area contributed by atoms with Crippen molar-refractivity contribution in [3.05, 3.63) is 82.3 Å². The average molecular weight is 492 g/mol. The van der Waals surface area contributed by atoms with E-state index < -0.39 is 5.54 Å². The Morgan fingerprint density at radius 1 is 1.12 bits per heavy atom. The van der Waals surface area contributed by atoms with Crippen molar-refractivity contribution in [3.63, 3.8) is 0 Å². The standard InChI is InChI=1S/C23H18BrN5O3/c24-18-3-6-20(16(9-18)10-25)32-19-4-1-15(2-5-19)11-28-22(31)23(7-8-23)29-21(30)17-12-26-14-27-13-17/h1-6,9,12-14H,7-8,11H2,(H,28,31)(H,29,30). The molecule has 1 heterocycles. The van der Waals surface area contributed by atoms with Crippen LogP contribution in [0.3, 0.4) is 0 Å². The van der Waals surface area contributed by atoms with Crippen LogP contribution in [0.15, 0.2) is 65.7 Å². The predicted octanol–water partition coefficient (Wildman–Crippen LogP) is 3.48. The molecule has 2 N–H and O–H groups in total. The Bertz CT molecular complexity index is 1190. The van der Waals surface area contributed by atoms with Crippen LogP contribution in [0.4, 0.5) is 0 Å². The Hall–Kier alpha value is -3.77. The fourth-order valence-corrected chi connectivity index (χ4v) is 3.43. The fourth-order valence-electron chi connectivity index (χ4n) is 3.07. The van der Waals surface area contributed by atoms with Crippen LogP contribution < -0.4 is 15.4 Å². The number of nitriles is 1. The first-order chi connectivity index (χ1) is 15.5. The van der Waals surface area contributed by atoms with Gasteiger partial charge in [0, 0.05) is 23.4 Å². The molecule has 0 unspecified atom stereocenters. The van der Waals surface area contributed by atoms with Crippen molar-refractivity contribution in [2.75, 3.05) is 0 Å². The highest BCUT2D eigenvalue weighted by Gasteiger charge is 2.51. The first kappa shape index (κ1) is 21.5. The van der Waals surface area contributed by atoms with Crippen LogP contribution in [0.2, 0.25) is 0 Å². The van der Waals surface area contributed by atoms with E-state index in [0.29, 0.717) is 42.0 Å². The maximum absolute atomic E-state index is 12.7. The lowest BCUT2D eigenvalue weighted by atomic mass is 10.2. The predicted molar refractivity (Wildman–Crippen MR) is 119 cm³/mol. The van der Waals surface area contributed by atoms with Crippen molar-refractivity contribution in [3.8, 4) is 17.6 Å². The fraction of sp³-hybridized carbons (Fsp3) is 0.174. The minimum absolute atomic E-state index is 0.225. The van der Waals surface area contributed by atoms with E-state index in [4.69, 9.17) is 4.74 Å². The van der Waals surface area contributed by atoms with Gasteiger partial charge in [0.25, 0.3) is 5.91 Å². The summed E-state index contributed by atoms with van der Waals surface area (Å²) in [4.78, 5) is 32.6. The van der Waals surface area contributed by atoms with Gasteiger partial charge in [0.15, 0.2) is 0 Å². The molecule has 2 amide bonds. The molecule has 1 aliphatic carbocycles. The molecule has 0 bridgehead atoms. The number of nitrogens with one attached hydrogen (secondary N) is 2. The number of aromatic nitrogens is 2. The van der Waals surface area contributed by atoms with Crippen LogP contribution in [0, 0.1) is 11.3 Å². The number of halogens is 1. The third-order valence-electron chi connectivity index (χ3n) is 5.03. The quantitative estimate of drug-likeness (QED) is 0.522. The molecule has 4 rings (SSSR count). The van der Waals surface area contributed by atoms with Crippen molar-refractivity contribution in [1.29, 1.82) is 5.26 Å². The first-order valence-electron chi connectivity index (χ1n) is 9.81. The molecule has 2 aromatic carbocycles. The molecule has 0 spiro atoms. The molecule has 0 aliphatic heterocycles. The van der Waals surface area contributed by atoms with Gasteiger partial charge in [0.05, 0.1) is 11.1 Å². The summed E-state index contributed by atoms with van der Waals surface area (Å²) < 4.78 is 6.60. The highest BCUT2D eigenvalue weighted by Crippen LogP contribution is 2.36. The summed E-state index contributed by atoms with van der Waals surface area (Å²) in [5.74, 6) is 0.447. The van der Waals surface area contributed by atoms with Gasteiger partial charge in [-0.3, -0.25) is 9.59 Å². The lowest BCUT2D eigenvalue weighted by Gasteiger charge is -2.17. The zero-order valence-electron chi connectivity index (χ0n) is 16.8. The van der Waals surface area contributed by atoms with Crippen LogP contribution >= 0.6 is 15.9 Å². The Morgan fingerprint density at radius 3 is 2.50 bits per heavy atom. The van der Waals surface area contributed by atoms with Crippen LogP contribution in [0.1, 0.15) is 34.3 Å². The molecular weight excluding hydrogens is 474 g/mol. The second-order valence-electron chi connectivity index (χ2n) is 7.34. The van der Waals surface area contributed by atoms with Gasteiger partial charge in [-0.25, -0.2) is 9.97 Å². The topological polar surface area (TPSA) is 117 Å². The maximum atomic E-state index is 12.7. The Morgan fingerprint density at radius 2 is 1.84 bits per heavy atom. The molecule has 32 heavy (non-hydrogen) atoms. The molecule has 0 radical (unpaired) electrons. The number of ether oxygens (including phenoxy) is 1. The van der Waals surface area contributed by atoms with E-state index in [-0.39, 0.29) is 11.8 Å². The summed E-state index contributed by atoms with van der Waals surface area (Å²) in [5, 5.41) is 14.9. The van der Waals surface area contributed by atoms with Gasteiger partial charge in [-0.15, -0.1) is 0 Å². The maximum Gasteiger partial charge on any atom is 0.255 e. The van der Waals surface area contributed by atoms with Gasteiger partial charge in [-0.05, 0) is 48.7 Å². The number of benzene rings is 2. The minimum Gasteiger partial charge on any atom is -0.456 e. The number of rotatable bonds is 7. The van der Waals surface area contributed by atoms with E-state index in [0.717, 1.165) is 10.0 Å². The van der Waals surface area contributed by atoms with Gasteiger partial charge in [-0.1, -0.05) is 28.1 Å². The van der Waals surface area contributed by atoms with Crippen LogP contribution in [0.5, 0.6) is 11.5 Å². The van der Waals surface area contributed by atoms with Gasteiger partial charge in [-0.2, -0.15) is 5.26 Å². The molecule has 9 heteroatoms. The van der Waals surface area contributed by atoms with Crippen molar-refractivity contribution in [2.45, 2.75) is 24.9 Å². The third kappa shape index (κ3) is 4.92. The zero-order chi connectivity index (χ0) is 22.6. The summed E-state index contributed by atoms with van der Waals surface area (Å²) in [6, 6.07) is 14.5. The smallest absolute Gasteiger partial charge is 0.255 e. The number of carbonyl (C=O) groups is 2. The van der Waals surface area contributed by atoms with E-state index in [1.165, 1.54) is 18.7 Å². The molecular formula is C23H18BrN5O3. The van der Waals surface area contributed by atoms with Crippen molar-refractivity contribution in [2.24, 2.45) is 0 Å². The van der Waals surface area contributed by atoms with Crippen molar-refractivity contribution < 1.29 is 14.3 Å². The molecule has 3 aromatic rings. The van der Waals surface area contributed by atoms with Crippen molar-refractivity contribution >= 4 is 27.7 Å². The minimum atomic E-state index is -0.884. The van der Waals surface area contributed by atoms with Gasteiger partial charge >= 0.3 is 0 Å². The van der Waals surface area contributed by atoms with Gasteiger partial charge in [0.1, 0.15) is 29.4 Å². The highest BCUT2D eigenvalue weighted by atomic mass is 79.9. The lowest BCUT2D eigenvalue weighted by Crippen LogP contribution is -2.48. The summed E-state index contributed by atoms with van der Waals surface area (Å²) in [7, 11) is 0. The monoisotopic (exact) mass is 491 g/mol. The van der Waals surface area contributed by atoms with Crippen molar-refractivity contribution in [1.82, 2.24) is 20.6 Å². The van der Waals surface area contributed by atoms with E-state index in [1.807, 2.05) is 12.1 Å².